The molecule has 0 radical (unpaired) electrons. The number of benzene rings is 1. The van der Waals surface area contributed by atoms with Gasteiger partial charge in [-0.2, -0.15) is 0 Å². The van der Waals surface area contributed by atoms with Crippen molar-refractivity contribution in [3.8, 4) is 0 Å². The van der Waals surface area contributed by atoms with Crippen molar-refractivity contribution in [3.05, 3.63) is 34.3 Å². The predicted octanol–water partition coefficient (Wildman–Crippen LogP) is 1.94. The van der Waals surface area contributed by atoms with Crippen LogP contribution in [0.2, 0.25) is 0 Å². The van der Waals surface area contributed by atoms with Crippen molar-refractivity contribution in [2.45, 2.75) is 25.5 Å². The van der Waals surface area contributed by atoms with E-state index in [1.165, 1.54) is 6.92 Å². The van der Waals surface area contributed by atoms with E-state index in [1.807, 2.05) is 31.2 Å². The standard InChI is InChI=1S/C12H16BrNO3/c1-8(9-4-3-5-10(13)6-9)14-7-12(2,17)11(15)16/h3-6,8,14,17H,7H2,1-2H3,(H,15,16)/t8-,12?/m1/s1. The van der Waals surface area contributed by atoms with Crippen molar-refractivity contribution < 1.29 is 15.0 Å². The SMILES string of the molecule is C[C@@H](NCC(C)(O)C(=O)O)c1cccc(Br)c1. The number of halogens is 1. The van der Waals surface area contributed by atoms with Crippen molar-refractivity contribution in [2.75, 3.05) is 6.54 Å². The zero-order chi connectivity index (χ0) is 13.1. The number of hydrogen-bond donors (Lipinski definition) is 3. The van der Waals surface area contributed by atoms with E-state index in [0.717, 1.165) is 10.0 Å². The molecule has 0 heterocycles. The maximum absolute atomic E-state index is 10.7. The fraction of sp³-hybridized carbons (Fsp3) is 0.417. The van der Waals surface area contributed by atoms with Gasteiger partial charge in [0.05, 0.1) is 0 Å². The number of rotatable bonds is 5. The van der Waals surface area contributed by atoms with Gasteiger partial charge in [-0.3, -0.25) is 0 Å². The van der Waals surface area contributed by atoms with E-state index in [1.54, 1.807) is 0 Å². The Morgan fingerprint density at radius 3 is 2.76 bits per heavy atom. The van der Waals surface area contributed by atoms with E-state index >= 15 is 0 Å². The fourth-order valence-corrected chi connectivity index (χ4v) is 1.74. The van der Waals surface area contributed by atoms with Crippen LogP contribution in [0.4, 0.5) is 0 Å². The van der Waals surface area contributed by atoms with Gasteiger partial charge in [-0.1, -0.05) is 28.1 Å². The first-order chi connectivity index (χ1) is 7.83. The first-order valence-corrected chi connectivity index (χ1v) is 6.07. The predicted molar refractivity (Wildman–Crippen MR) is 68.8 cm³/mol. The molecule has 0 fully saturated rings. The average molecular weight is 302 g/mol. The number of carbonyl (C=O) groups is 1. The molecular weight excluding hydrogens is 286 g/mol. The summed E-state index contributed by atoms with van der Waals surface area (Å²) in [7, 11) is 0. The Hall–Kier alpha value is -0.910. The highest BCUT2D eigenvalue weighted by Gasteiger charge is 2.29. The Balaban J connectivity index is 2.62. The third kappa shape index (κ3) is 4.11. The van der Waals surface area contributed by atoms with Crippen molar-refractivity contribution >= 4 is 21.9 Å². The molecule has 5 heteroatoms. The first-order valence-electron chi connectivity index (χ1n) is 5.27. The molecule has 0 aromatic heterocycles. The highest BCUT2D eigenvalue weighted by atomic mass is 79.9. The number of nitrogens with one attached hydrogen (secondary N) is 1. The third-order valence-electron chi connectivity index (χ3n) is 2.56. The fourth-order valence-electron chi connectivity index (χ4n) is 1.32. The summed E-state index contributed by atoms with van der Waals surface area (Å²) in [6, 6.07) is 7.69. The van der Waals surface area contributed by atoms with Crippen LogP contribution in [-0.4, -0.2) is 28.3 Å². The highest BCUT2D eigenvalue weighted by molar-refractivity contribution is 9.10. The van der Waals surface area contributed by atoms with Crippen LogP contribution < -0.4 is 5.32 Å². The van der Waals surface area contributed by atoms with Gasteiger partial charge < -0.3 is 15.5 Å². The second-order valence-corrected chi connectivity index (χ2v) is 5.15. The molecule has 2 atom stereocenters. The van der Waals surface area contributed by atoms with E-state index in [2.05, 4.69) is 21.2 Å². The van der Waals surface area contributed by atoms with E-state index in [4.69, 9.17) is 5.11 Å². The molecule has 0 spiro atoms. The van der Waals surface area contributed by atoms with Gasteiger partial charge in [0.25, 0.3) is 0 Å². The van der Waals surface area contributed by atoms with Gasteiger partial charge in [0.1, 0.15) is 0 Å². The van der Waals surface area contributed by atoms with Crippen LogP contribution in [0.15, 0.2) is 28.7 Å². The van der Waals surface area contributed by atoms with Gasteiger partial charge in [0.2, 0.25) is 0 Å². The van der Waals surface area contributed by atoms with E-state index in [-0.39, 0.29) is 12.6 Å². The summed E-state index contributed by atoms with van der Waals surface area (Å²) >= 11 is 3.37. The first kappa shape index (κ1) is 14.2. The van der Waals surface area contributed by atoms with Gasteiger partial charge in [0.15, 0.2) is 5.60 Å². The molecule has 1 aromatic carbocycles. The van der Waals surface area contributed by atoms with Crippen LogP contribution in [-0.2, 0) is 4.79 Å². The van der Waals surface area contributed by atoms with Crippen molar-refractivity contribution in [1.29, 1.82) is 0 Å². The minimum absolute atomic E-state index is 0.00396. The molecule has 17 heavy (non-hydrogen) atoms. The molecule has 0 bridgehead atoms. The molecule has 1 aromatic rings. The van der Waals surface area contributed by atoms with Gasteiger partial charge in [-0.05, 0) is 31.5 Å². The third-order valence-corrected chi connectivity index (χ3v) is 3.06. The summed E-state index contributed by atoms with van der Waals surface area (Å²) in [5.74, 6) is -1.23. The monoisotopic (exact) mass is 301 g/mol. The molecule has 4 nitrogen and oxygen atoms in total. The van der Waals surface area contributed by atoms with Crippen molar-refractivity contribution in [2.24, 2.45) is 0 Å². The Morgan fingerprint density at radius 1 is 1.59 bits per heavy atom. The molecule has 0 saturated carbocycles. The number of carboxylic acid groups (broad SMARTS) is 1. The summed E-state index contributed by atoms with van der Waals surface area (Å²) < 4.78 is 0.966. The number of carboxylic acids is 1. The lowest BCUT2D eigenvalue weighted by Gasteiger charge is -2.22. The second-order valence-electron chi connectivity index (χ2n) is 4.24. The number of aliphatic carboxylic acids is 1. The Labute approximate surface area is 109 Å². The molecule has 1 rings (SSSR count). The van der Waals surface area contributed by atoms with E-state index in [0.29, 0.717) is 0 Å². The van der Waals surface area contributed by atoms with Crippen LogP contribution in [0.5, 0.6) is 0 Å². The minimum Gasteiger partial charge on any atom is -0.479 e. The summed E-state index contributed by atoms with van der Waals surface area (Å²) in [4.78, 5) is 10.7. The topological polar surface area (TPSA) is 69.6 Å². The lowest BCUT2D eigenvalue weighted by Crippen LogP contribution is -2.45. The Kier molecular flexibility index (Phi) is 4.68. The van der Waals surface area contributed by atoms with Gasteiger partial charge >= 0.3 is 5.97 Å². The number of aliphatic hydroxyl groups is 1. The Morgan fingerprint density at radius 2 is 2.24 bits per heavy atom. The largest absolute Gasteiger partial charge is 0.479 e. The summed E-state index contributed by atoms with van der Waals surface area (Å²) in [6.45, 7) is 3.19. The second kappa shape index (κ2) is 5.62. The maximum Gasteiger partial charge on any atom is 0.336 e. The molecule has 0 aliphatic carbocycles. The van der Waals surface area contributed by atoms with E-state index < -0.39 is 11.6 Å². The molecule has 1 unspecified atom stereocenters. The van der Waals surface area contributed by atoms with Crippen LogP contribution in [0.25, 0.3) is 0 Å². The summed E-state index contributed by atoms with van der Waals surface area (Å²) in [5.41, 5.74) is -0.721. The zero-order valence-electron chi connectivity index (χ0n) is 9.77. The van der Waals surface area contributed by atoms with Gasteiger partial charge in [-0.15, -0.1) is 0 Å². The zero-order valence-corrected chi connectivity index (χ0v) is 11.4. The smallest absolute Gasteiger partial charge is 0.336 e. The van der Waals surface area contributed by atoms with Crippen molar-refractivity contribution in [1.82, 2.24) is 5.32 Å². The average Bonchev–Trinajstić information content (AvgIpc) is 2.25. The minimum atomic E-state index is -1.75. The van der Waals surface area contributed by atoms with E-state index in [9.17, 15) is 9.90 Å². The van der Waals surface area contributed by atoms with Crippen LogP contribution in [0.1, 0.15) is 25.5 Å². The molecule has 3 N–H and O–H groups in total. The lowest BCUT2D eigenvalue weighted by molar-refractivity contribution is -0.156. The molecule has 0 saturated heterocycles. The maximum atomic E-state index is 10.7. The molecule has 0 aliphatic heterocycles. The summed E-state index contributed by atoms with van der Waals surface area (Å²) in [6.07, 6.45) is 0. The molecular formula is C12H16BrNO3. The molecule has 0 amide bonds. The lowest BCUT2D eigenvalue weighted by atomic mass is 10.1. The molecule has 0 aliphatic rings. The van der Waals surface area contributed by atoms with Gasteiger partial charge in [-0.25, -0.2) is 4.79 Å². The normalized spacial score (nSPS) is 16.2. The summed E-state index contributed by atoms with van der Waals surface area (Å²) in [5, 5.41) is 21.3. The Bertz CT molecular complexity index is 406. The van der Waals surface area contributed by atoms with Crippen molar-refractivity contribution in [3.63, 3.8) is 0 Å². The highest BCUT2D eigenvalue weighted by Crippen LogP contribution is 2.18. The quantitative estimate of drug-likeness (QED) is 0.777. The van der Waals surface area contributed by atoms with Crippen LogP contribution >= 0.6 is 15.9 Å². The number of hydrogen-bond acceptors (Lipinski definition) is 3. The van der Waals surface area contributed by atoms with Gasteiger partial charge in [0, 0.05) is 17.1 Å². The van der Waals surface area contributed by atoms with Crippen LogP contribution in [0, 0.1) is 0 Å². The van der Waals surface area contributed by atoms with Crippen LogP contribution in [0.3, 0.4) is 0 Å². The molecule has 94 valence electrons.